The van der Waals surface area contributed by atoms with E-state index in [1.807, 2.05) is 7.05 Å². The van der Waals surface area contributed by atoms with Crippen molar-refractivity contribution < 1.29 is 14.3 Å². The van der Waals surface area contributed by atoms with Crippen molar-refractivity contribution >= 4 is 11.8 Å². The monoisotopic (exact) mass is 254 g/mol. The molecule has 2 rings (SSSR count). The van der Waals surface area contributed by atoms with Crippen LogP contribution in [-0.2, 0) is 14.3 Å². The molecule has 0 bridgehead atoms. The van der Waals surface area contributed by atoms with Crippen LogP contribution in [0.25, 0.3) is 0 Å². The van der Waals surface area contributed by atoms with Crippen LogP contribution in [0.3, 0.4) is 0 Å². The average molecular weight is 254 g/mol. The molecular weight excluding hydrogens is 232 g/mol. The number of imide groups is 1. The number of ether oxygens (including phenoxy) is 1. The highest BCUT2D eigenvalue weighted by molar-refractivity contribution is 5.98. The van der Waals surface area contributed by atoms with Gasteiger partial charge in [-0.2, -0.15) is 0 Å². The van der Waals surface area contributed by atoms with Gasteiger partial charge >= 0.3 is 0 Å². The summed E-state index contributed by atoms with van der Waals surface area (Å²) in [7, 11) is 1.93. The van der Waals surface area contributed by atoms with Crippen molar-refractivity contribution in [3.8, 4) is 0 Å². The number of piperidine rings is 1. The first kappa shape index (κ1) is 13.5. The molecule has 102 valence electrons. The van der Waals surface area contributed by atoms with Crippen molar-refractivity contribution in [1.29, 1.82) is 0 Å². The molecule has 1 heterocycles. The lowest BCUT2D eigenvalue weighted by Gasteiger charge is -2.42. The van der Waals surface area contributed by atoms with E-state index < -0.39 is 0 Å². The molecule has 0 spiro atoms. The molecule has 2 aliphatic rings. The van der Waals surface area contributed by atoms with Crippen LogP contribution in [0.5, 0.6) is 0 Å². The van der Waals surface area contributed by atoms with E-state index in [2.05, 4.69) is 10.6 Å². The quantitative estimate of drug-likeness (QED) is 0.533. The second-order valence-electron chi connectivity index (χ2n) is 5.17. The molecule has 2 fully saturated rings. The SMILES string of the molecule is CNCCCOC1CCC1C1CCC(=O)NC1=O. The molecule has 0 radical (unpaired) electrons. The minimum atomic E-state index is -0.137. The van der Waals surface area contributed by atoms with Gasteiger partial charge in [-0.1, -0.05) is 0 Å². The lowest BCUT2D eigenvalue weighted by Crippen LogP contribution is -2.50. The van der Waals surface area contributed by atoms with E-state index in [9.17, 15) is 9.59 Å². The minimum absolute atomic E-state index is 0.0225. The summed E-state index contributed by atoms with van der Waals surface area (Å²) in [5.74, 6) is 0.0558. The van der Waals surface area contributed by atoms with Crippen molar-refractivity contribution in [2.45, 2.75) is 38.2 Å². The first-order valence-corrected chi connectivity index (χ1v) is 6.82. The van der Waals surface area contributed by atoms with Crippen LogP contribution in [0.2, 0.25) is 0 Å². The van der Waals surface area contributed by atoms with Crippen LogP contribution in [0.4, 0.5) is 0 Å². The highest BCUT2D eigenvalue weighted by Crippen LogP contribution is 2.39. The summed E-state index contributed by atoms with van der Waals surface area (Å²) in [6, 6.07) is 0. The summed E-state index contributed by atoms with van der Waals surface area (Å²) in [6.07, 6.45) is 4.45. The summed E-state index contributed by atoms with van der Waals surface area (Å²) in [6.45, 7) is 1.70. The van der Waals surface area contributed by atoms with Gasteiger partial charge in [-0.15, -0.1) is 0 Å². The van der Waals surface area contributed by atoms with E-state index in [1.165, 1.54) is 0 Å². The Morgan fingerprint density at radius 3 is 2.78 bits per heavy atom. The maximum Gasteiger partial charge on any atom is 0.230 e. The number of hydrogen-bond donors (Lipinski definition) is 2. The number of hydrogen-bond acceptors (Lipinski definition) is 4. The molecular formula is C13H22N2O3. The van der Waals surface area contributed by atoms with E-state index in [-0.39, 0.29) is 23.8 Å². The van der Waals surface area contributed by atoms with Gasteiger partial charge in [-0.25, -0.2) is 0 Å². The first-order valence-electron chi connectivity index (χ1n) is 6.82. The first-order chi connectivity index (χ1) is 8.72. The standard InChI is InChI=1S/C13H22N2O3/c1-14-7-2-8-18-11-5-3-9(11)10-4-6-12(16)15-13(10)17/h9-11,14H,2-8H2,1H3,(H,15,16,17). The molecule has 5 heteroatoms. The Bertz CT molecular complexity index is 319. The number of nitrogens with one attached hydrogen (secondary N) is 2. The molecule has 1 saturated heterocycles. The second kappa shape index (κ2) is 6.29. The summed E-state index contributed by atoms with van der Waals surface area (Å²) < 4.78 is 5.82. The Morgan fingerprint density at radius 2 is 2.17 bits per heavy atom. The fraction of sp³-hybridized carbons (Fsp3) is 0.846. The van der Waals surface area contributed by atoms with E-state index in [0.29, 0.717) is 18.8 Å². The van der Waals surface area contributed by atoms with Gasteiger partial charge in [0.05, 0.1) is 6.10 Å². The third-order valence-corrected chi connectivity index (χ3v) is 3.96. The Hall–Kier alpha value is -0.940. The Labute approximate surface area is 108 Å². The van der Waals surface area contributed by atoms with E-state index in [0.717, 1.165) is 32.4 Å². The third kappa shape index (κ3) is 3.09. The molecule has 1 saturated carbocycles. The third-order valence-electron chi connectivity index (χ3n) is 3.96. The van der Waals surface area contributed by atoms with Crippen molar-refractivity contribution in [1.82, 2.24) is 10.6 Å². The van der Waals surface area contributed by atoms with Crippen LogP contribution in [0.15, 0.2) is 0 Å². The van der Waals surface area contributed by atoms with Gasteiger partial charge in [0.25, 0.3) is 0 Å². The lowest BCUT2D eigenvalue weighted by molar-refractivity contribution is -0.144. The summed E-state index contributed by atoms with van der Waals surface area (Å²) in [4.78, 5) is 22.9. The summed E-state index contributed by atoms with van der Waals surface area (Å²) in [5.41, 5.74) is 0. The van der Waals surface area contributed by atoms with Gasteiger partial charge in [0.2, 0.25) is 11.8 Å². The van der Waals surface area contributed by atoms with E-state index in [1.54, 1.807) is 0 Å². The number of rotatable bonds is 6. The second-order valence-corrected chi connectivity index (χ2v) is 5.17. The van der Waals surface area contributed by atoms with Crippen molar-refractivity contribution in [2.24, 2.45) is 11.8 Å². The van der Waals surface area contributed by atoms with Crippen LogP contribution >= 0.6 is 0 Å². The van der Waals surface area contributed by atoms with Gasteiger partial charge in [0.15, 0.2) is 0 Å². The zero-order valence-electron chi connectivity index (χ0n) is 10.9. The number of carbonyl (C=O) groups excluding carboxylic acids is 2. The zero-order valence-corrected chi connectivity index (χ0v) is 10.9. The predicted octanol–water partition coefficient (Wildman–Crippen LogP) is 0.444. The molecule has 0 aromatic carbocycles. The van der Waals surface area contributed by atoms with Crippen molar-refractivity contribution in [3.05, 3.63) is 0 Å². The topological polar surface area (TPSA) is 67.4 Å². The van der Waals surface area contributed by atoms with Crippen molar-refractivity contribution in [2.75, 3.05) is 20.2 Å². The highest BCUT2D eigenvalue weighted by Gasteiger charge is 2.42. The zero-order chi connectivity index (χ0) is 13.0. The molecule has 1 aliphatic heterocycles. The van der Waals surface area contributed by atoms with Crippen LogP contribution < -0.4 is 10.6 Å². The van der Waals surface area contributed by atoms with Crippen LogP contribution in [-0.4, -0.2) is 38.1 Å². The van der Waals surface area contributed by atoms with Gasteiger partial charge in [-0.3, -0.25) is 14.9 Å². The van der Waals surface area contributed by atoms with Gasteiger partial charge in [0.1, 0.15) is 0 Å². The summed E-state index contributed by atoms with van der Waals surface area (Å²) in [5, 5.41) is 5.51. The largest absolute Gasteiger partial charge is 0.378 e. The van der Waals surface area contributed by atoms with E-state index in [4.69, 9.17) is 4.74 Å². The fourth-order valence-corrected chi connectivity index (χ4v) is 2.76. The normalized spacial score (nSPS) is 31.9. The molecule has 0 aromatic rings. The van der Waals surface area contributed by atoms with Gasteiger partial charge < -0.3 is 10.1 Å². The molecule has 2 N–H and O–H groups in total. The molecule has 18 heavy (non-hydrogen) atoms. The highest BCUT2D eigenvalue weighted by atomic mass is 16.5. The molecule has 1 aliphatic carbocycles. The molecule has 5 nitrogen and oxygen atoms in total. The van der Waals surface area contributed by atoms with Gasteiger partial charge in [0, 0.05) is 18.9 Å². The molecule has 0 aromatic heterocycles. The number of carbonyl (C=O) groups is 2. The maximum absolute atomic E-state index is 11.8. The fourth-order valence-electron chi connectivity index (χ4n) is 2.76. The molecule has 2 amide bonds. The van der Waals surface area contributed by atoms with Crippen LogP contribution in [0.1, 0.15) is 32.1 Å². The van der Waals surface area contributed by atoms with Gasteiger partial charge in [-0.05, 0) is 45.2 Å². The number of amides is 2. The minimum Gasteiger partial charge on any atom is -0.378 e. The van der Waals surface area contributed by atoms with Crippen molar-refractivity contribution in [3.63, 3.8) is 0 Å². The lowest BCUT2D eigenvalue weighted by atomic mass is 9.70. The molecule has 3 unspecified atom stereocenters. The Morgan fingerprint density at radius 1 is 1.33 bits per heavy atom. The summed E-state index contributed by atoms with van der Waals surface area (Å²) >= 11 is 0. The van der Waals surface area contributed by atoms with E-state index >= 15 is 0 Å². The Balaban J connectivity index is 1.75. The molecule has 3 atom stereocenters. The van der Waals surface area contributed by atoms with Crippen LogP contribution in [0, 0.1) is 11.8 Å². The smallest absolute Gasteiger partial charge is 0.230 e. The predicted molar refractivity (Wildman–Crippen MR) is 66.9 cm³/mol. The average Bonchev–Trinajstić information content (AvgIpc) is 2.31. The Kier molecular flexibility index (Phi) is 4.72. The maximum atomic E-state index is 11.8.